The number of aromatic nitrogens is 3. The molecule has 0 saturated carbocycles. The van der Waals surface area contributed by atoms with Crippen molar-refractivity contribution < 1.29 is 19.1 Å². The van der Waals surface area contributed by atoms with Crippen molar-refractivity contribution in [3.05, 3.63) is 51.1 Å². The van der Waals surface area contributed by atoms with Gasteiger partial charge >= 0.3 is 5.97 Å². The van der Waals surface area contributed by atoms with Crippen molar-refractivity contribution in [2.24, 2.45) is 7.05 Å². The third-order valence-corrected chi connectivity index (χ3v) is 6.49. The van der Waals surface area contributed by atoms with Gasteiger partial charge in [0.2, 0.25) is 0 Å². The van der Waals surface area contributed by atoms with Gasteiger partial charge in [0.25, 0.3) is 17.4 Å². The Morgan fingerprint density at radius 2 is 2.06 bits per heavy atom. The normalized spacial score (nSPS) is 13.1. The minimum absolute atomic E-state index is 0.0849. The van der Waals surface area contributed by atoms with Crippen LogP contribution in [-0.4, -0.2) is 38.5 Å². The number of imide groups is 1. The number of hydrogen-bond donors (Lipinski definition) is 1. The summed E-state index contributed by atoms with van der Waals surface area (Å²) in [7, 11) is 1.68. The standard InChI is InChI=1S/C21H22N4O5S/c1-24-9-4-6-14(24)19(28)23-16(26)11-30-17(27)8-10-25-12-22-20-18(21(25)29)13-5-2-3-7-15(13)31-20/h4,6,9,12H,2-3,5,7-8,10-11H2,1H3,(H,23,26,28). The maximum absolute atomic E-state index is 12.9. The maximum atomic E-state index is 12.9. The topological polar surface area (TPSA) is 112 Å². The molecule has 0 aliphatic heterocycles. The lowest BCUT2D eigenvalue weighted by Crippen LogP contribution is -2.35. The third kappa shape index (κ3) is 4.43. The van der Waals surface area contributed by atoms with Gasteiger partial charge in [-0.05, 0) is 43.4 Å². The number of rotatable bonds is 6. The van der Waals surface area contributed by atoms with E-state index in [0.29, 0.717) is 11.1 Å². The summed E-state index contributed by atoms with van der Waals surface area (Å²) in [5, 5.41) is 2.83. The van der Waals surface area contributed by atoms with E-state index in [1.807, 2.05) is 0 Å². The highest BCUT2D eigenvalue weighted by Gasteiger charge is 2.20. The molecule has 1 aliphatic carbocycles. The number of hydrogen-bond acceptors (Lipinski definition) is 7. The second-order valence-electron chi connectivity index (χ2n) is 7.43. The molecule has 1 aliphatic rings. The van der Waals surface area contributed by atoms with Crippen LogP contribution in [0.5, 0.6) is 0 Å². The fourth-order valence-corrected chi connectivity index (χ4v) is 4.91. The van der Waals surface area contributed by atoms with Crippen molar-refractivity contribution in [3.63, 3.8) is 0 Å². The van der Waals surface area contributed by atoms with Crippen molar-refractivity contribution in [2.75, 3.05) is 6.61 Å². The lowest BCUT2D eigenvalue weighted by Gasteiger charge is -2.10. The van der Waals surface area contributed by atoms with Crippen molar-refractivity contribution >= 4 is 39.3 Å². The fraction of sp³-hybridized carbons (Fsp3) is 0.381. The number of ether oxygens (including phenoxy) is 1. The van der Waals surface area contributed by atoms with Crippen LogP contribution < -0.4 is 10.9 Å². The Morgan fingerprint density at radius 3 is 2.84 bits per heavy atom. The minimum atomic E-state index is -0.718. The number of esters is 1. The largest absolute Gasteiger partial charge is 0.456 e. The predicted molar refractivity (Wildman–Crippen MR) is 114 cm³/mol. The monoisotopic (exact) mass is 442 g/mol. The predicted octanol–water partition coefficient (Wildman–Crippen LogP) is 1.57. The number of nitrogens with one attached hydrogen (secondary N) is 1. The van der Waals surface area contributed by atoms with E-state index >= 15 is 0 Å². The number of fused-ring (bicyclic) bond motifs is 3. The lowest BCUT2D eigenvalue weighted by molar-refractivity contribution is -0.148. The van der Waals surface area contributed by atoms with Gasteiger partial charge in [-0.15, -0.1) is 11.3 Å². The highest BCUT2D eigenvalue weighted by Crippen LogP contribution is 2.33. The molecule has 2 amide bonds. The summed E-state index contributed by atoms with van der Waals surface area (Å²) in [6, 6.07) is 3.25. The quantitative estimate of drug-likeness (QED) is 0.580. The van der Waals surface area contributed by atoms with Crippen LogP contribution in [0.4, 0.5) is 0 Å². The summed E-state index contributed by atoms with van der Waals surface area (Å²) < 4.78 is 7.91. The molecule has 9 nitrogen and oxygen atoms in total. The number of amides is 2. The highest BCUT2D eigenvalue weighted by molar-refractivity contribution is 7.18. The summed E-state index contributed by atoms with van der Waals surface area (Å²) in [4.78, 5) is 55.1. The van der Waals surface area contributed by atoms with E-state index in [1.54, 1.807) is 41.3 Å². The van der Waals surface area contributed by atoms with Gasteiger partial charge in [0.1, 0.15) is 10.5 Å². The molecule has 162 valence electrons. The Balaban J connectivity index is 1.32. The van der Waals surface area contributed by atoms with E-state index in [1.165, 1.54) is 15.8 Å². The zero-order valence-corrected chi connectivity index (χ0v) is 17.9. The Labute approximate surface area is 181 Å². The van der Waals surface area contributed by atoms with Crippen molar-refractivity contribution in [1.29, 1.82) is 0 Å². The number of carbonyl (C=O) groups excluding carboxylic acids is 3. The van der Waals surface area contributed by atoms with Crippen LogP contribution >= 0.6 is 11.3 Å². The number of carbonyl (C=O) groups is 3. The molecule has 0 fully saturated rings. The Kier molecular flexibility index (Phi) is 5.99. The van der Waals surface area contributed by atoms with Crippen molar-refractivity contribution in [1.82, 2.24) is 19.4 Å². The summed E-state index contributed by atoms with van der Waals surface area (Å²) in [6.45, 7) is -0.464. The zero-order chi connectivity index (χ0) is 22.0. The van der Waals surface area contributed by atoms with Gasteiger partial charge in [-0.3, -0.25) is 29.1 Å². The molecule has 3 heterocycles. The molecule has 10 heteroatoms. The molecule has 4 rings (SSSR count). The molecule has 1 N–H and O–H groups in total. The van der Waals surface area contributed by atoms with Crippen molar-refractivity contribution in [2.45, 2.75) is 38.6 Å². The summed E-state index contributed by atoms with van der Waals surface area (Å²) >= 11 is 1.57. The molecule has 0 bridgehead atoms. The van der Waals surface area contributed by atoms with Gasteiger partial charge in [-0.1, -0.05) is 0 Å². The molecule has 0 unspecified atom stereocenters. The number of nitrogens with zero attached hydrogens (tertiary/aromatic N) is 3. The first-order valence-electron chi connectivity index (χ1n) is 10.0. The molecular weight excluding hydrogens is 420 g/mol. The van der Waals surface area contributed by atoms with Crippen LogP contribution in [0.1, 0.15) is 40.2 Å². The number of thiophene rings is 1. The second kappa shape index (κ2) is 8.84. The molecule has 0 aromatic carbocycles. The average molecular weight is 442 g/mol. The fourth-order valence-electron chi connectivity index (χ4n) is 3.69. The van der Waals surface area contributed by atoms with E-state index in [0.717, 1.165) is 36.1 Å². The van der Waals surface area contributed by atoms with Gasteiger partial charge in [0, 0.05) is 24.7 Å². The molecule has 31 heavy (non-hydrogen) atoms. The zero-order valence-electron chi connectivity index (χ0n) is 17.1. The highest BCUT2D eigenvalue weighted by atomic mass is 32.1. The van der Waals surface area contributed by atoms with E-state index in [-0.39, 0.29) is 18.5 Å². The molecule has 0 spiro atoms. The SMILES string of the molecule is Cn1cccc1C(=O)NC(=O)COC(=O)CCn1cnc2sc3c(c2c1=O)CCCC3. The van der Waals surface area contributed by atoms with Gasteiger partial charge in [-0.25, -0.2) is 4.98 Å². The van der Waals surface area contributed by atoms with E-state index in [9.17, 15) is 19.2 Å². The Hall–Kier alpha value is -3.27. The summed E-state index contributed by atoms with van der Waals surface area (Å²) in [5.41, 5.74) is 1.26. The lowest BCUT2D eigenvalue weighted by atomic mass is 9.97. The van der Waals surface area contributed by atoms with Crippen molar-refractivity contribution in [3.8, 4) is 0 Å². The van der Waals surface area contributed by atoms with Gasteiger partial charge in [0.05, 0.1) is 18.1 Å². The van der Waals surface area contributed by atoms with Crippen LogP contribution in [0, 0.1) is 0 Å². The minimum Gasteiger partial charge on any atom is -0.456 e. The molecular formula is C21H22N4O5S. The second-order valence-corrected chi connectivity index (χ2v) is 8.51. The first-order valence-corrected chi connectivity index (χ1v) is 10.9. The summed E-state index contributed by atoms with van der Waals surface area (Å²) in [5.74, 6) is -1.93. The Morgan fingerprint density at radius 1 is 1.26 bits per heavy atom. The van der Waals surface area contributed by atoms with E-state index < -0.39 is 24.4 Å². The van der Waals surface area contributed by atoms with Crippen LogP contribution in [0.15, 0.2) is 29.5 Å². The van der Waals surface area contributed by atoms with Gasteiger partial charge in [-0.2, -0.15) is 0 Å². The Bertz CT molecular complexity index is 1220. The van der Waals surface area contributed by atoms with Crippen LogP contribution in [0.3, 0.4) is 0 Å². The van der Waals surface area contributed by atoms with Gasteiger partial charge < -0.3 is 9.30 Å². The van der Waals surface area contributed by atoms with Crippen LogP contribution in [-0.2, 0) is 40.8 Å². The number of aryl methyl sites for hydroxylation is 4. The van der Waals surface area contributed by atoms with Gasteiger partial charge in [0.15, 0.2) is 6.61 Å². The molecule has 3 aromatic rings. The van der Waals surface area contributed by atoms with Crippen LogP contribution in [0.2, 0.25) is 0 Å². The average Bonchev–Trinajstić information content (AvgIpc) is 3.35. The van der Waals surface area contributed by atoms with Crippen LogP contribution in [0.25, 0.3) is 10.2 Å². The molecule has 0 saturated heterocycles. The first-order chi connectivity index (χ1) is 14.9. The molecule has 3 aromatic heterocycles. The summed E-state index contributed by atoms with van der Waals surface area (Å²) in [6.07, 6.45) is 7.10. The molecule has 0 radical (unpaired) electrons. The first kappa shape index (κ1) is 21.0. The van der Waals surface area contributed by atoms with E-state index in [4.69, 9.17) is 4.74 Å². The molecule has 0 atom stereocenters. The van der Waals surface area contributed by atoms with E-state index in [2.05, 4.69) is 10.3 Å². The third-order valence-electron chi connectivity index (χ3n) is 5.29. The smallest absolute Gasteiger partial charge is 0.308 e. The maximum Gasteiger partial charge on any atom is 0.308 e.